The molecule has 0 saturated heterocycles. The number of amides is 1. The van der Waals surface area contributed by atoms with Crippen LogP contribution < -0.4 is 9.47 Å². The number of carbonyl (C=O) groups is 1. The molecule has 0 atom stereocenters. The molecule has 1 aromatic carbocycles. The summed E-state index contributed by atoms with van der Waals surface area (Å²) in [5.74, 6) is 3.52. The minimum Gasteiger partial charge on any atom is -0.493 e. The molecule has 0 bridgehead atoms. The lowest BCUT2D eigenvalue weighted by molar-refractivity contribution is 0.0799. The molecule has 0 fully saturated rings. The minimum atomic E-state index is -0.0791. The number of benzene rings is 1. The van der Waals surface area contributed by atoms with Gasteiger partial charge in [0.25, 0.3) is 5.91 Å². The zero-order chi connectivity index (χ0) is 13.3. The number of hydrogen-bond acceptors (Lipinski definition) is 3. The number of carbonyl (C=O) groups excluding carboxylic acids is 1. The lowest BCUT2D eigenvalue weighted by Crippen LogP contribution is -2.23. The molecule has 1 aliphatic heterocycles. The Bertz CT molecular complexity index is 548. The molecule has 1 aliphatic rings. The van der Waals surface area contributed by atoms with Gasteiger partial charge in [-0.3, -0.25) is 4.79 Å². The first kappa shape index (κ1) is 12.8. The monoisotopic (exact) mass is 309 g/mol. The molecule has 0 radical (unpaired) electrons. The number of methoxy groups -OCH3 is 2. The number of rotatable bonds is 3. The van der Waals surface area contributed by atoms with E-state index in [2.05, 4.69) is 21.9 Å². The van der Waals surface area contributed by atoms with Gasteiger partial charge in [-0.25, -0.2) is 0 Å². The topological polar surface area (TPSA) is 38.8 Å². The Kier molecular flexibility index (Phi) is 3.48. The molecular formula is C13H12BrNO3. The fourth-order valence-corrected chi connectivity index (χ4v) is 2.70. The van der Waals surface area contributed by atoms with Gasteiger partial charge in [0, 0.05) is 17.7 Å². The zero-order valence-corrected chi connectivity index (χ0v) is 11.7. The molecule has 0 saturated carbocycles. The Labute approximate surface area is 114 Å². The maximum atomic E-state index is 12.1. The van der Waals surface area contributed by atoms with Crippen LogP contribution in [0.1, 0.15) is 15.9 Å². The van der Waals surface area contributed by atoms with Crippen molar-refractivity contribution in [1.82, 2.24) is 4.90 Å². The van der Waals surface area contributed by atoms with Crippen LogP contribution in [0.3, 0.4) is 0 Å². The second-order valence-electron chi connectivity index (χ2n) is 3.82. The van der Waals surface area contributed by atoms with Crippen molar-refractivity contribution in [2.75, 3.05) is 20.8 Å². The van der Waals surface area contributed by atoms with Crippen LogP contribution in [0.5, 0.6) is 11.5 Å². The maximum Gasteiger partial charge on any atom is 0.255 e. The molecule has 0 aliphatic carbocycles. The molecule has 5 heteroatoms. The summed E-state index contributed by atoms with van der Waals surface area (Å²) in [7, 11) is 3.10. The summed E-state index contributed by atoms with van der Waals surface area (Å²) in [6.07, 6.45) is 5.25. The number of halogens is 1. The zero-order valence-electron chi connectivity index (χ0n) is 10.1. The molecule has 18 heavy (non-hydrogen) atoms. The van der Waals surface area contributed by atoms with Crippen LogP contribution in [0.2, 0.25) is 0 Å². The highest BCUT2D eigenvalue weighted by Gasteiger charge is 2.31. The SMILES string of the molecule is C#CCN1Cc2c(cc(OC)c(OC)c2Br)C1=O. The van der Waals surface area contributed by atoms with Gasteiger partial charge in [-0.2, -0.15) is 0 Å². The average Bonchev–Trinajstić information content (AvgIpc) is 2.68. The van der Waals surface area contributed by atoms with E-state index in [1.807, 2.05) is 0 Å². The van der Waals surface area contributed by atoms with Crippen molar-refractivity contribution in [2.24, 2.45) is 0 Å². The quantitative estimate of drug-likeness (QED) is 0.802. The van der Waals surface area contributed by atoms with Gasteiger partial charge in [0.05, 0.1) is 25.2 Å². The Morgan fingerprint density at radius 3 is 2.78 bits per heavy atom. The van der Waals surface area contributed by atoms with E-state index in [-0.39, 0.29) is 5.91 Å². The van der Waals surface area contributed by atoms with Crippen LogP contribution in [0.15, 0.2) is 10.5 Å². The second kappa shape index (κ2) is 4.91. The summed E-state index contributed by atoms with van der Waals surface area (Å²) >= 11 is 3.45. The third-order valence-corrected chi connectivity index (χ3v) is 3.70. The third-order valence-electron chi connectivity index (χ3n) is 2.86. The van der Waals surface area contributed by atoms with Gasteiger partial charge < -0.3 is 14.4 Å². The highest BCUT2D eigenvalue weighted by atomic mass is 79.9. The normalized spacial score (nSPS) is 13.2. The number of hydrogen-bond donors (Lipinski definition) is 0. The van der Waals surface area contributed by atoms with Crippen LogP contribution in [0.25, 0.3) is 0 Å². The average molecular weight is 310 g/mol. The summed E-state index contributed by atoms with van der Waals surface area (Å²) in [5.41, 5.74) is 1.49. The molecule has 4 nitrogen and oxygen atoms in total. The minimum absolute atomic E-state index is 0.0791. The van der Waals surface area contributed by atoms with Crippen LogP contribution in [0.4, 0.5) is 0 Å². The van der Waals surface area contributed by atoms with Gasteiger partial charge in [-0.05, 0) is 22.0 Å². The molecule has 94 valence electrons. The molecule has 0 aromatic heterocycles. The lowest BCUT2D eigenvalue weighted by atomic mass is 10.1. The Balaban J connectivity index is 2.54. The van der Waals surface area contributed by atoms with Gasteiger partial charge in [0.15, 0.2) is 11.5 Å². The largest absolute Gasteiger partial charge is 0.493 e. The van der Waals surface area contributed by atoms with Crippen LogP contribution in [-0.4, -0.2) is 31.6 Å². The highest BCUT2D eigenvalue weighted by Crippen LogP contribution is 2.42. The van der Waals surface area contributed by atoms with E-state index in [4.69, 9.17) is 15.9 Å². The maximum absolute atomic E-state index is 12.1. The van der Waals surface area contributed by atoms with Gasteiger partial charge in [-0.15, -0.1) is 6.42 Å². The van der Waals surface area contributed by atoms with Crippen molar-refractivity contribution < 1.29 is 14.3 Å². The van der Waals surface area contributed by atoms with E-state index in [1.165, 1.54) is 7.11 Å². The van der Waals surface area contributed by atoms with Crippen molar-refractivity contribution in [2.45, 2.75) is 6.54 Å². The van der Waals surface area contributed by atoms with E-state index in [0.29, 0.717) is 30.2 Å². The molecule has 0 unspecified atom stereocenters. The lowest BCUT2D eigenvalue weighted by Gasteiger charge is -2.12. The summed E-state index contributed by atoms with van der Waals surface area (Å²) in [6.45, 7) is 0.782. The fraction of sp³-hybridized carbons (Fsp3) is 0.308. The predicted octanol–water partition coefficient (Wildman–Crippen LogP) is 2.06. The first-order valence-electron chi connectivity index (χ1n) is 5.30. The third kappa shape index (κ3) is 1.83. The van der Waals surface area contributed by atoms with Crippen molar-refractivity contribution in [3.8, 4) is 23.8 Å². The van der Waals surface area contributed by atoms with E-state index < -0.39 is 0 Å². The van der Waals surface area contributed by atoms with E-state index in [1.54, 1.807) is 18.1 Å². The standard InChI is InChI=1S/C13H12BrNO3/c1-4-5-15-7-9-8(13(15)16)6-10(17-2)12(18-3)11(9)14/h1,6H,5,7H2,2-3H3. The van der Waals surface area contributed by atoms with Crippen molar-refractivity contribution in [3.63, 3.8) is 0 Å². The summed E-state index contributed by atoms with van der Waals surface area (Å²) in [6, 6.07) is 1.69. The summed E-state index contributed by atoms with van der Waals surface area (Å²) < 4.78 is 11.2. The fourth-order valence-electron chi connectivity index (χ4n) is 2.01. The van der Waals surface area contributed by atoms with Gasteiger partial charge >= 0.3 is 0 Å². The first-order chi connectivity index (χ1) is 8.63. The van der Waals surface area contributed by atoms with Crippen molar-refractivity contribution in [3.05, 3.63) is 21.7 Å². The van der Waals surface area contributed by atoms with Crippen LogP contribution in [0, 0.1) is 12.3 Å². The molecule has 0 N–H and O–H groups in total. The van der Waals surface area contributed by atoms with Gasteiger partial charge in [-0.1, -0.05) is 5.92 Å². The molecule has 1 aromatic rings. The summed E-state index contributed by atoms with van der Waals surface area (Å²) in [5, 5.41) is 0. The number of ether oxygens (including phenoxy) is 2. The van der Waals surface area contributed by atoms with Gasteiger partial charge in [0.1, 0.15) is 0 Å². The van der Waals surface area contributed by atoms with Crippen LogP contribution in [-0.2, 0) is 6.54 Å². The Morgan fingerprint density at radius 2 is 2.22 bits per heavy atom. The number of fused-ring (bicyclic) bond motifs is 1. The van der Waals surface area contributed by atoms with Crippen molar-refractivity contribution >= 4 is 21.8 Å². The van der Waals surface area contributed by atoms with E-state index in [0.717, 1.165) is 10.0 Å². The molecular weight excluding hydrogens is 298 g/mol. The second-order valence-corrected chi connectivity index (χ2v) is 4.61. The number of nitrogens with zero attached hydrogens (tertiary/aromatic N) is 1. The predicted molar refractivity (Wildman–Crippen MR) is 70.8 cm³/mol. The molecule has 0 spiro atoms. The van der Waals surface area contributed by atoms with Gasteiger partial charge in [0.2, 0.25) is 0 Å². The van der Waals surface area contributed by atoms with Crippen LogP contribution >= 0.6 is 15.9 Å². The van der Waals surface area contributed by atoms with E-state index >= 15 is 0 Å². The number of terminal acetylenes is 1. The Morgan fingerprint density at radius 1 is 1.50 bits per heavy atom. The first-order valence-corrected chi connectivity index (χ1v) is 6.09. The van der Waals surface area contributed by atoms with Crippen molar-refractivity contribution in [1.29, 1.82) is 0 Å². The highest BCUT2D eigenvalue weighted by molar-refractivity contribution is 9.10. The molecule has 2 rings (SSSR count). The smallest absolute Gasteiger partial charge is 0.255 e. The summed E-state index contributed by atoms with van der Waals surface area (Å²) in [4.78, 5) is 13.7. The van der Waals surface area contributed by atoms with E-state index in [9.17, 15) is 4.79 Å². The molecule has 1 amide bonds. The molecule has 1 heterocycles. The Hall–Kier alpha value is -1.67.